The Balaban J connectivity index is 1.55. The van der Waals surface area contributed by atoms with Crippen molar-refractivity contribution in [3.05, 3.63) is 35.9 Å². The first kappa shape index (κ1) is 10.8. The maximum absolute atomic E-state index is 11.8. The second-order valence-electron chi connectivity index (χ2n) is 5.17. The normalized spacial score (nSPS) is 22.4. The standard InChI is InChI=1S/C14H17NO2/c16-13(12-4-2-1-3-5-12)17-15-10-8-14(6-7-14)9-11-15/h1-5H,6-11H2. The molecule has 2 fully saturated rings. The summed E-state index contributed by atoms with van der Waals surface area (Å²) in [4.78, 5) is 17.2. The Morgan fingerprint density at radius 3 is 2.29 bits per heavy atom. The highest BCUT2D eigenvalue weighted by atomic mass is 16.7. The van der Waals surface area contributed by atoms with Crippen LogP contribution in [0.25, 0.3) is 0 Å². The molecule has 1 aromatic rings. The van der Waals surface area contributed by atoms with Crippen LogP contribution in [0.1, 0.15) is 36.0 Å². The quantitative estimate of drug-likeness (QED) is 0.783. The number of hydrogen-bond donors (Lipinski definition) is 0. The predicted molar refractivity (Wildman–Crippen MR) is 64.3 cm³/mol. The van der Waals surface area contributed by atoms with Crippen molar-refractivity contribution in [1.29, 1.82) is 0 Å². The van der Waals surface area contributed by atoms with E-state index in [1.165, 1.54) is 25.7 Å². The highest BCUT2D eigenvalue weighted by Gasteiger charge is 2.45. The smallest absolute Gasteiger partial charge is 0.357 e. The molecule has 90 valence electrons. The Labute approximate surface area is 101 Å². The molecule has 0 atom stereocenters. The van der Waals surface area contributed by atoms with Gasteiger partial charge in [-0.3, -0.25) is 0 Å². The molecule has 3 heteroatoms. The molecule has 0 radical (unpaired) electrons. The van der Waals surface area contributed by atoms with Crippen LogP contribution in [0.15, 0.2) is 30.3 Å². The average molecular weight is 231 g/mol. The number of carbonyl (C=O) groups excluding carboxylic acids is 1. The molecule has 0 aromatic heterocycles. The van der Waals surface area contributed by atoms with E-state index in [4.69, 9.17) is 4.84 Å². The fourth-order valence-electron chi connectivity index (χ4n) is 2.47. The van der Waals surface area contributed by atoms with E-state index in [0.29, 0.717) is 11.0 Å². The molecule has 1 saturated heterocycles. The highest BCUT2D eigenvalue weighted by Crippen LogP contribution is 2.53. The van der Waals surface area contributed by atoms with Crippen molar-refractivity contribution in [1.82, 2.24) is 5.06 Å². The molecule has 2 aliphatic rings. The third-order valence-corrected chi connectivity index (χ3v) is 3.96. The second kappa shape index (κ2) is 4.15. The average Bonchev–Trinajstić information content (AvgIpc) is 3.13. The topological polar surface area (TPSA) is 29.5 Å². The van der Waals surface area contributed by atoms with Crippen LogP contribution in [-0.4, -0.2) is 24.1 Å². The molecule has 1 aliphatic heterocycles. The fourth-order valence-corrected chi connectivity index (χ4v) is 2.47. The van der Waals surface area contributed by atoms with E-state index in [1.54, 1.807) is 12.1 Å². The monoisotopic (exact) mass is 231 g/mol. The molecule has 1 heterocycles. The van der Waals surface area contributed by atoms with E-state index in [9.17, 15) is 4.79 Å². The first-order chi connectivity index (χ1) is 8.27. The van der Waals surface area contributed by atoms with Crippen molar-refractivity contribution >= 4 is 5.97 Å². The zero-order valence-corrected chi connectivity index (χ0v) is 9.89. The minimum absolute atomic E-state index is 0.239. The summed E-state index contributed by atoms with van der Waals surface area (Å²) in [7, 11) is 0. The predicted octanol–water partition coefficient (Wildman–Crippen LogP) is 2.63. The van der Waals surface area contributed by atoms with E-state index < -0.39 is 0 Å². The molecule has 0 unspecified atom stereocenters. The van der Waals surface area contributed by atoms with Gasteiger partial charge in [-0.05, 0) is 43.2 Å². The van der Waals surface area contributed by atoms with Crippen LogP contribution in [0.3, 0.4) is 0 Å². The van der Waals surface area contributed by atoms with Crippen molar-refractivity contribution in [2.24, 2.45) is 5.41 Å². The number of carbonyl (C=O) groups is 1. The SMILES string of the molecule is O=C(ON1CCC2(CC1)CC2)c1ccccc1. The molecule has 3 rings (SSSR count). The number of hydroxylamine groups is 2. The Morgan fingerprint density at radius 1 is 1.06 bits per heavy atom. The van der Waals surface area contributed by atoms with Gasteiger partial charge in [0.25, 0.3) is 0 Å². The van der Waals surface area contributed by atoms with Gasteiger partial charge in [0.15, 0.2) is 0 Å². The molecule has 1 aliphatic carbocycles. The number of benzene rings is 1. The summed E-state index contributed by atoms with van der Waals surface area (Å²) in [6.07, 6.45) is 5.09. The van der Waals surface area contributed by atoms with Crippen molar-refractivity contribution in [3.8, 4) is 0 Å². The van der Waals surface area contributed by atoms with E-state index in [2.05, 4.69) is 0 Å². The van der Waals surface area contributed by atoms with Crippen molar-refractivity contribution in [3.63, 3.8) is 0 Å². The van der Waals surface area contributed by atoms with Gasteiger partial charge >= 0.3 is 5.97 Å². The molecular formula is C14H17NO2. The van der Waals surface area contributed by atoms with Gasteiger partial charge in [-0.2, -0.15) is 0 Å². The molecule has 0 N–H and O–H groups in total. The third kappa shape index (κ3) is 2.34. The lowest BCUT2D eigenvalue weighted by Gasteiger charge is -2.30. The number of piperidine rings is 1. The van der Waals surface area contributed by atoms with Crippen molar-refractivity contribution in [2.45, 2.75) is 25.7 Å². The molecule has 3 nitrogen and oxygen atoms in total. The largest absolute Gasteiger partial charge is 0.364 e. The molecule has 1 spiro atoms. The van der Waals surface area contributed by atoms with Gasteiger partial charge in [0.1, 0.15) is 0 Å². The Hall–Kier alpha value is -1.35. The molecule has 1 saturated carbocycles. The van der Waals surface area contributed by atoms with Gasteiger partial charge in [-0.1, -0.05) is 18.2 Å². The van der Waals surface area contributed by atoms with Gasteiger partial charge in [0.2, 0.25) is 0 Å². The lowest BCUT2D eigenvalue weighted by Crippen LogP contribution is -2.36. The van der Waals surface area contributed by atoms with Gasteiger partial charge in [0, 0.05) is 13.1 Å². The number of rotatable bonds is 2. The summed E-state index contributed by atoms with van der Waals surface area (Å²) in [5.74, 6) is -0.239. The minimum Gasteiger partial charge on any atom is -0.364 e. The molecule has 17 heavy (non-hydrogen) atoms. The summed E-state index contributed by atoms with van der Waals surface area (Å²) in [6, 6.07) is 9.18. The van der Waals surface area contributed by atoms with E-state index >= 15 is 0 Å². The summed E-state index contributed by atoms with van der Waals surface area (Å²) < 4.78 is 0. The molecule has 1 aromatic carbocycles. The second-order valence-corrected chi connectivity index (χ2v) is 5.17. The first-order valence-corrected chi connectivity index (χ1v) is 6.30. The summed E-state index contributed by atoms with van der Waals surface area (Å²) >= 11 is 0. The Kier molecular flexibility index (Phi) is 2.63. The van der Waals surface area contributed by atoms with Crippen LogP contribution in [0.5, 0.6) is 0 Å². The fraction of sp³-hybridized carbons (Fsp3) is 0.500. The lowest BCUT2D eigenvalue weighted by molar-refractivity contribution is -0.128. The maximum Gasteiger partial charge on any atom is 0.357 e. The maximum atomic E-state index is 11.8. The van der Waals surface area contributed by atoms with Crippen LogP contribution in [0, 0.1) is 5.41 Å². The Bertz CT molecular complexity index is 401. The zero-order chi connectivity index (χ0) is 11.7. The van der Waals surface area contributed by atoms with Crippen LogP contribution in [-0.2, 0) is 4.84 Å². The summed E-state index contributed by atoms with van der Waals surface area (Å²) in [5.41, 5.74) is 1.24. The third-order valence-electron chi connectivity index (χ3n) is 3.96. The number of nitrogens with zero attached hydrogens (tertiary/aromatic N) is 1. The van der Waals surface area contributed by atoms with Crippen LogP contribution < -0.4 is 0 Å². The van der Waals surface area contributed by atoms with Gasteiger partial charge < -0.3 is 4.84 Å². The van der Waals surface area contributed by atoms with E-state index in [-0.39, 0.29) is 5.97 Å². The van der Waals surface area contributed by atoms with Gasteiger partial charge in [-0.25, -0.2) is 4.79 Å². The minimum atomic E-state index is -0.239. The lowest BCUT2D eigenvalue weighted by atomic mass is 9.95. The summed E-state index contributed by atoms with van der Waals surface area (Å²) in [6.45, 7) is 1.77. The Morgan fingerprint density at radius 2 is 1.71 bits per heavy atom. The zero-order valence-electron chi connectivity index (χ0n) is 9.89. The molecular weight excluding hydrogens is 214 g/mol. The molecule has 0 bridgehead atoms. The van der Waals surface area contributed by atoms with Crippen LogP contribution >= 0.6 is 0 Å². The first-order valence-electron chi connectivity index (χ1n) is 6.30. The van der Waals surface area contributed by atoms with Crippen molar-refractivity contribution < 1.29 is 9.63 Å². The summed E-state index contributed by atoms with van der Waals surface area (Å²) in [5, 5.41) is 1.82. The van der Waals surface area contributed by atoms with Crippen LogP contribution in [0.4, 0.5) is 0 Å². The highest BCUT2D eigenvalue weighted by molar-refractivity contribution is 5.89. The van der Waals surface area contributed by atoms with Gasteiger partial charge in [0.05, 0.1) is 5.56 Å². The number of hydrogen-bond acceptors (Lipinski definition) is 3. The van der Waals surface area contributed by atoms with E-state index in [1.807, 2.05) is 23.3 Å². The molecule has 0 amide bonds. The van der Waals surface area contributed by atoms with E-state index in [0.717, 1.165) is 13.1 Å². The van der Waals surface area contributed by atoms with Crippen molar-refractivity contribution in [2.75, 3.05) is 13.1 Å². The van der Waals surface area contributed by atoms with Gasteiger partial charge in [-0.15, -0.1) is 5.06 Å². The van der Waals surface area contributed by atoms with Crippen LogP contribution in [0.2, 0.25) is 0 Å².